The van der Waals surface area contributed by atoms with Gasteiger partial charge in [0, 0.05) is 38.9 Å². The normalized spacial score (nSPS) is 11.3. The van der Waals surface area contributed by atoms with E-state index in [1.165, 1.54) is 43.7 Å². The topological polar surface area (TPSA) is 8.17 Å². The van der Waals surface area contributed by atoms with Crippen molar-refractivity contribution in [1.82, 2.24) is 4.57 Å². The fourth-order valence-electron chi connectivity index (χ4n) is 6.21. The summed E-state index contributed by atoms with van der Waals surface area (Å²) in [7, 11) is 0. The van der Waals surface area contributed by atoms with E-state index in [0.717, 1.165) is 22.7 Å². The Kier molecular flexibility index (Phi) is 5.82. The summed E-state index contributed by atoms with van der Waals surface area (Å²) in [6, 6.07) is 60.8. The van der Waals surface area contributed by atoms with E-state index < -0.39 is 0 Å². The number of fused-ring (bicyclic) bond motifs is 5. The van der Waals surface area contributed by atoms with Crippen molar-refractivity contribution in [3.8, 4) is 16.8 Å². The van der Waals surface area contributed by atoms with Crippen molar-refractivity contribution in [1.29, 1.82) is 0 Å². The molecule has 2 heteroatoms. The highest BCUT2D eigenvalue weighted by Crippen LogP contribution is 2.38. The zero-order valence-corrected chi connectivity index (χ0v) is 23.1. The van der Waals surface area contributed by atoms with E-state index in [-0.39, 0.29) is 0 Å². The first kappa shape index (κ1) is 24.2. The Morgan fingerprint density at radius 1 is 0.357 bits per heavy atom. The number of aromatic nitrogens is 1. The summed E-state index contributed by atoms with van der Waals surface area (Å²) in [5.74, 6) is 0. The lowest BCUT2D eigenvalue weighted by Crippen LogP contribution is -2.09. The monoisotopic (exact) mass is 536 g/mol. The average Bonchev–Trinajstić information content (AvgIpc) is 3.41. The van der Waals surface area contributed by atoms with Gasteiger partial charge in [0.1, 0.15) is 0 Å². The number of para-hydroxylation sites is 3. The maximum atomic E-state index is 2.41. The van der Waals surface area contributed by atoms with Crippen LogP contribution in [-0.4, -0.2) is 4.57 Å². The third-order valence-electron chi connectivity index (χ3n) is 8.17. The number of nitrogens with zero attached hydrogens (tertiary/aromatic N) is 2. The molecule has 1 aromatic heterocycles. The van der Waals surface area contributed by atoms with Gasteiger partial charge in [0.05, 0.1) is 11.0 Å². The molecule has 0 amide bonds. The van der Waals surface area contributed by atoms with Crippen LogP contribution >= 0.6 is 0 Å². The second-order valence-electron chi connectivity index (χ2n) is 10.6. The van der Waals surface area contributed by atoms with Crippen LogP contribution in [-0.2, 0) is 0 Å². The molecule has 0 fully saturated rings. The molecule has 198 valence electrons. The first-order valence-electron chi connectivity index (χ1n) is 14.4. The van der Waals surface area contributed by atoms with Crippen molar-refractivity contribution in [2.45, 2.75) is 0 Å². The van der Waals surface area contributed by atoms with Crippen molar-refractivity contribution in [3.63, 3.8) is 0 Å². The Morgan fingerprint density at radius 2 is 0.881 bits per heavy atom. The van der Waals surface area contributed by atoms with Crippen molar-refractivity contribution >= 4 is 49.6 Å². The molecule has 2 nitrogen and oxygen atoms in total. The molecule has 8 rings (SSSR count). The van der Waals surface area contributed by atoms with Crippen molar-refractivity contribution in [2.24, 2.45) is 0 Å². The Hall–Kier alpha value is -5.60. The van der Waals surface area contributed by atoms with Crippen molar-refractivity contribution in [2.75, 3.05) is 4.90 Å². The predicted octanol–water partition coefficient (Wildman–Crippen LogP) is 11.1. The highest BCUT2D eigenvalue weighted by molar-refractivity contribution is 6.18. The minimum absolute atomic E-state index is 1.13. The smallest absolute Gasteiger partial charge is 0.0619 e. The summed E-state index contributed by atoms with van der Waals surface area (Å²) in [6.45, 7) is 0. The molecule has 0 radical (unpaired) electrons. The minimum atomic E-state index is 1.13. The van der Waals surface area contributed by atoms with Gasteiger partial charge in [0.25, 0.3) is 0 Å². The molecule has 8 aromatic rings. The minimum Gasteiger partial charge on any atom is -0.311 e. The van der Waals surface area contributed by atoms with Crippen LogP contribution < -0.4 is 4.90 Å². The second-order valence-corrected chi connectivity index (χ2v) is 10.6. The average molecular weight is 537 g/mol. The molecule has 0 saturated carbocycles. The third kappa shape index (κ3) is 4.05. The van der Waals surface area contributed by atoms with Gasteiger partial charge >= 0.3 is 0 Å². The Morgan fingerprint density at radius 3 is 1.55 bits per heavy atom. The maximum absolute atomic E-state index is 2.41. The van der Waals surface area contributed by atoms with Crippen molar-refractivity contribution in [3.05, 3.63) is 170 Å². The van der Waals surface area contributed by atoms with Crippen LogP contribution in [0.25, 0.3) is 49.4 Å². The van der Waals surface area contributed by atoms with Crippen LogP contribution in [0.3, 0.4) is 0 Å². The number of hydrogen-bond donors (Lipinski definition) is 0. The Bertz CT molecular complexity index is 2120. The molecule has 0 spiro atoms. The molecule has 0 saturated heterocycles. The van der Waals surface area contributed by atoms with E-state index in [4.69, 9.17) is 0 Å². The van der Waals surface area contributed by atoms with Crippen molar-refractivity contribution < 1.29 is 0 Å². The Balaban J connectivity index is 1.19. The summed E-state index contributed by atoms with van der Waals surface area (Å²) in [4.78, 5) is 2.29. The molecular formula is C40H28N2. The summed E-state index contributed by atoms with van der Waals surface area (Å²) < 4.78 is 2.41. The fraction of sp³-hybridized carbons (Fsp3) is 0. The first-order valence-corrected chi connectivity index (χ1v) is 14.4. The van der Waals surface area contributed by atoms with E-state index in [2.05, 4.69) is 179 Å². The second kappa shape index (κ2) is 10.1. The summed E-state index contributed by atoms with van der Waals surface area (Å²) in [6.07, 6.45) is 0. The maximum Gasteiger partial charge on any atom is 0.0619 e. The van der Waals surface area contributed by atoms with Crippen LogP contribution in [0.1, 0.15) is 0 Å². The molecule has 0 unspecified atom stereocenters. The number of anilines is 3. The zero-order valence-electron chi connectivity index (χ0n) is 23.1. The SMILES string of the molecule is c1ccc(N(c2ccccc2)c2ccc(-c3ccc(-n4c5ccccc5c5ccc6ccccc6c54)cc3)cc2)cc1. The van der Waals surface area contributed by atoms with E-state index in [0.29, 0.717) is 0 Å². The number of hydrogen-bond acceptors (Lipinski definition) is 1. The van der Waals surface area contributed by atoms with Gasteiger partial charge in [0.2, 0.25) is 0 Å². The zero-order chi connectivity index (χ0) is 27.9. The van der Waals surface area contributed by atoms with E-state index in [9.17, 15) is 0 Å². The lowest BCUT2D eigenvalue weighted by atomic mass is 10.0. The first-order chi connectivity index (χ1) is 20.8. The molecule has 0 aliphatic heterocycles. The largest absolute Gasteiger partial charge is 0.311 e. The molecule has 0 N–H and O–H groups in total. The van der Waals surface area contributed by atoms with E-state index >= 15 is 0 Å². The number of rotatable bonds is 5. The lowest BCUT2D eigenvalue weighted by Gasteiger charge is -2.25. The van der Waals surface area contributed by atoms with Gasteiger partial charge < -0.3 is 9.47 Å². The Labute approximate surface area is 245 Å². The lowest BCUT2D eigenvalue weighted by molar-refractivity contribution is 1.19. The van der Waals surface area contributed by atoms with Crippen LogP contribution in [0.2, 0.25) is 0 Å². The molecule has 7 aromatic carbocycles. The van der Waals surface area contributed by atoms with Crippen LogP contribution in [0.15, 0.2) is 170 Å². The molecule has 0 aliphatic rings. The van der Waals surface area contributed by atoms with Gasteiger partial charge in [0.15, 0.2) is 0 Å². The van der Waals surface area contributed by atoms with Crippen LogP contribution in [0, 0.1) is 0 Å². The standard InChI is InChI=1S/C40H28N2/c1-3-12-32(13-4-1)41(33-14-5-2-6-15-33)34-24-19-29(20-25-34)30-21-26-35(27-22-30)42-39-18-10-9-17-37(39)38-28-23-31-11-7-8-16-36(31)40(38)42/h1-28H. The van der Waals surface area contributed by atoms with E-state index in [1.54, 1.807) is 0 Å². The highest BCUT2D eigenvalue weighted by Gasteiger charge is 2.15. The van der Waals surface area contributed by atoms with Crippen LogP contribution in [0.4, 0.5) is 17.1 Å². The van der Waals surface area contributed by atoms with Gasteiger partial charge in [-0.05, 0) is 71.1 Å². The predicted molar refractivity (Wildman–Crippen MR) is 178 cm³/mol. The summed E-state index contributed by atoms with van der Waals surface area (Å²) in [5, 5.41) is 5.09. The number of benzene rings is 7. The fourth-order valence-corrected chi connectivity index (χ4v) is 6.21. The molecule has 1 heterocycles. The van der Waals surface area contributed by atoms with Gasteiger partial charge in [-0.2, -0.15) is 0 Å². The van der Waals surface area contributed by atoms with E-state index in [1.807, 2.05) is 0 Å². The quantitative estimate of drug-likeness (QED) is 0.212. The molecule has 0 bridgehead atoms. The molecule has 0 atom stereocenters. The molecule has 0 aliphatic carbocycles. The summed E-state index contributed by atoms with van der Waals surface area (Å²) in [5.41, 5.74) is 9.44. The van der Waals surface area contributed by atoms with Gasteiger partial charge in [-0.3, -0.25) is 0 Å². The van der Waals surface area contributed by atoms with Gasteiger partial charge in [-0.25, -0.2) is 0 Å². The molecule has 42 heavy (non-hydrogen) atoms. The highest BCUT2D eigenvalue weighted by atomic mass is 15.1. The van der Waals surface area contributed by atoms with Gasteiger partial charge in [-0.1, -0.05) is 115 Å². The third-order valence-corrected chi connectivity index (χ3v) is 8.17. The summed E-state index contributed by atoms with van der Waals surface area (Å²) >= 11 is 0. The van der Waals surface area contributed by atoms with Crippen LogP contribution in [0.5, 0.6) is 0 Å². The molecular weight excluding hydrogens is 508 g/mol. The van der Waals surface area contributed by atoms with Gasteiger partial charge in [-0.15, -0.1) is 0 Å².